The molecule has 3 rings (SSSR count). The van der Waals surface area contributed by atoms with E-state index in [9.17, 15) is 8.42 Å². The van der Waals surface area contributed by atoms with Crippen LogP contribution in [0.2, 0.25) is 0 Å². The van der Waals surface area contributed by atoms with E-state index in [0.717, 1.165) is 5.56 Å². The van der Waals surface area contributed by atoms with E-state index in [1.54, 1.807) is 30.3 Å². The van der Waals surface area contributed by atoms with Crippen molar-refractivity contribution in [1.82, 2.24) is 0 Å². The highest BCUT2D eigenvalue weighted by atomic mass is 32.2. The van der Waals surface area contributed by atoms with Crippen molar-refractivity contribution in [2.24, 2.45) is 0 Å². The first-order chi connectivity index (χ1) is 11.5. The molecule has 0 aliphatic carbocycles. The van der Waals surface area contributed by atoms with Crippen LogP contribution in [0, 0.1) is 0 Å². The maximum Gasteiger partial charge on any atom is 0.202 e. The van der Waals surface area contributed by atoms with E-state index in [1.807, 2.05) is 19.1 Å². The molecule has 0 amide bonds. The van der Waals surface area contributed by atoms with Gasteiger partial charge in [-0.1, -0.05) is 74.2 Å². The summed E-state index contributed by atoms with van der Waals surface area (Å²) in [6.45, 7) is 5.88. The molecular weight excluding hydrogens is 316 g/mol. The highest BCUT2D eigenvalue weighted by Crippen LogP contribution is 2.30. The second-order valence-electron chi connectivity index (χ2n) is 6.07. The molecule has 0 aliphatic rings. The number of rotatable bonds is 5. The van der Waals surface area contributed by atoms with Gasteiger partial charge >= 0.3 is 0 Å². The standard InChI is InChI=1S/C21H20O2S/c1-16(19-13-12-18-8-6-7-9-20(18)15-19)14-17(2)24(22,23)21-10-4-3-5-11-21/h3-13,15-16H,2,14H2,1H3. The van der Waals surface area contributed by atoms with E-state index in [4.69, 9.17) is 0 Å². The molecule has 2 nitrogen and oxygen atoms in total. The fraction of sp³-hybridized carbons (Fsp3) is 0.143. The van der Waals surface area contributed by atoms with Gasteiger partial charge in [-0.2, -0.15) is 0 Å². The molecule has 0 saturated heterocycles. The van der Waals surface area contributed by atoms with Crippen molar-refractivity contribution in [1.29, 1.82) is 0 Å². The Morgan fingerprint density at radius 2 is 1.54 bits per heavy atom. The highest BCUT2D eigenvalue weighted by molar-refractivity contribution is 7.95. The number of sulfone groups is 1. The van der Waals surface area contributed by atoms with Crippen LogP contribution in [-0.2, 0) is 9.84 Å². The second-order valence-corrected chi connectivity index (χ2v) is 8.12. The van der Waals surface area contributed by atoms with Crippen LogP contribution in [0.4, 0.5) is 0 Å². The van der Waals surface area contributed by atoms with Crippen LogP contribution in [0.25, 0.3) is 10.8 Å². The van der Waals surface area contributed by atoms with Crippen molar-refractivity contribution in [2.45, 2.75) is 24.2 Å². The lowest BCUT2D eigenvalue weighted by Crippen LogP contribution is -2.07. The van der Waals surface area contributed by atoms with Gasteiger partial charge in [0.2, 0.25) is 9.84 Å². The zero-order valence-electron chi connectivity index (χ0n) is 13.6. The molecule has 0 bridgehead atoms. The zero-order valence-corrected chi connectivity index (χ0v) is 14.5. The normalized spacial score (nSPS) is 12.9. The molecule has 1 unspecified atom stereocenters. The van der Waals surface area contributed by atoms with Crippen molar-refractivity contribution in [3.05, 3.63) is 89.8 Å². The van der Waals surface area contributed by atoms with Gasteiger partial charge in [0.25, 0.3) is 0 Å². The summed E-state index contributed by atoms with van der Waals surface area (Å²) in [6, 6.07) is 22.9. The summed E-state index contributed by atoms with van der Waals surface area (Å²) in [7, 11) is -3.48. The minimum atomic E-state index is -3.48. The van der Waals surface area contributed by atoms with Gasteiger partial charge in [-0.15, -0.1) is 0 Å². The average Bonchev–Trinajstić information content (AvgIpc) is 2.62. The Labute approximate surface area is 143 Å². The van der Waals surface area contributed by atoms with Gasteiger partial charge in [0, 0.05) is 4.91 Å². The van der Waals surface area contributed by atoms with Crippen LogP contribution < -0.4 is 0 Å². The first kappa shape index (κ1) is 16.5. The third kappa shape index (κ3) is 3.26. The highest BCUT2D eigenvalue weighted by Gasteiger charge is 2.21. The fourth-order valence-electron chi connectivity index (χ4n) is 2.85. The van der Waals surface area contributed by atoms with Crippen molar-refractivity contribution >= 4 is 20.6 Å². The summed E-state index contributed by atoms with van der Waals surface area (Å²) in [5.74, 6) is 0.0839. The Bertz CT molecular complexity index is 973. The summed E-state index contributed by atoms with van der Waals surface area (Å²) in [5.41, 5.74) is 1.12. The molecule has 0 aliphatic heterocycles. The summed E-state index contributed by atoms with van der Waals surface area (Å²) >= 11 is 0. The Hall–Kier alpha value is -2.39. The van der Waals surface area contributed by atoms with Crippen LogP contribution >= 0.6 is 0 Å². The fourth-order valence-corrected chi connectivity index (χ4v) is 4.17. The number of benzene rings is 3. The van der Waals surface area contributed by atoms with E-state index in [0.29, 0.717) is 11.3 Å². The lowest BCUT2D eigenvalue weighted by Gasteiger charge is -2.15. The molecule has 0 fully saturated rings. The largest absolute Gasteiger partial charge is 0.219 e. The molecule has 0 saturated carbocycles. The second kappa shape index (κ2) is 6.62. The van der Waals surface area contributed by atoms with Crippen LogP contribution in [0.3, 0.4) is 0 Å². The number of allylic oxidation sites excluding steroid dienone is 1. The van der Waals surface area contributed by atoms with Crippen LogP contribution in [0.1, 0.15) is 24.8 Å². The molecule has 3 aromatic carbocycles. The molecule has 3 aromatic rings. The molecule has 0 N–H and O–H groups in total. The first-order valence-corrected chi connectivity index (χ1v) is 9.43. The Balaban J connectivity index is 1.83. The topological polar surface area (TPSA) is 34.1 Å². The quantitative estimate of drug-likeness (QED) is 0.632. The molecule has 0 aromatic heterocycles. The van der Waals surface area contributed by atoms with E-state index in [1.165, 1.54) is 10.8 Å². The van der Waals surface area contributed by atoms with E-state index < -0.39 is 9.84 Å². The number of hydrogen-bond donors (Lipinski definition) is 0. The maximum atomic E-state index is 12.6. The van der Waals surface area contributed by atoms with Crippen molar-refractivity contribution in [3.63, 3.8) is 0 Å². The van der Waals surface area contributed by atoms with E-state index >= 15 is 0 Å². The summed E-state index contributed by atoms with van der Waals surface area (Å²) < 4.78 is 25.2. The maximum absolute atomic E-state index is 12.6. The zero-order chi connectivity index (χ0) is 17.2. The Morgan fingerprint density at radius 1 is 0.917 bits per heavy atom. The van der Waals surface area contributed by atoms with Gasteiger partial charge in [-0.25, -0.2) is 8.42 Å². The van der Waals surface area contributed by atoms with Crippen LogP contribution in [0.5, 0.6) is 0 Å². The Kier molecular flexibility index (Phi) is 4.54. The molecule has 0 spiro atoms. The van der Waals surface area contributed by atoms with Crippen molar-refractivity contribution < 1.29 is 8.42 Å². The molecule has 0 radical (unpaired) electrons. The average molecular weight is 336 g/mol. The lowest BCUT2D eigenvalue weighted by atomic mass is 9.95. The van der Waals surface area contributed by atoms with Crippen molar-refractivity contribution in [3.8, 4) is 0 Å². The minimum absolute atomic E-state index is 0.0839. The molecule has 0 heterocycles. The lowest BCUT2D eigenvalue weighted by molar-refractivity contribution is 0.598. The van der Waals surface area contributed by atoms with Gasteiger partial charge in [0.15, 0.2) is 0 Å². The minimum Gasteiger partial charge on any atom is -0.219 e. The van der Waals surface area contributed by atoms with Gasteiger partial charge in [0.1, 0.15) is 0 Å². The van der Waals surface area contributed by atoms with Gasteiger partial charge in [-0.3, -0.25) is 0 Å². The molecule has 122 valence electrons. The predicted molar refractivity (Wildman–Crippen MR) is 99.7 cm³/mol. The summed E-state index contributed by atoms with van der Waals surface area (Å²) in [4.78, 5) is 0.565. The van der Waals surface area contributed by atoms with Crippen LogP contribution in [0.15, 0.2) is 89.2 Å². The molecule has 3 heteroatoms. The van der Waals surface area contributed by atoms with Gasteiger partial charge in [-0.05, 0) is 40.8 Å². The summed E-state index contributed by atoms with van der Waals surface area (Å²) in [5, 5.41) is 2.35. The molecule has 1 atom stereocenters. The van der Waals surface area contributed by atoms with Gasteiger partial charge in [0.05, 0.1) is 4.90 Å². The van der Waals surface area contributed by atoms with Gasteiger partial charge < -0.3 is 0 Å². The summed E-state index contributed by atoms with van der Waals surface area (Å²) in [6.07, 6.45) is 0.412. The third-order valence-corrected chi connectivity index (χ3v) is 6.13. The van der Waals surface area contributed by atoms with Crippen LogP contribution in [-0.4, -0.2) is 8.42 Å². The first-order valence-electron chi connectivity index (χ1n) is 7.95. The van der Waals surface area contributed by atoms with E-state index in [-0.39, 0.29) is 10.8 Å². The molecular formula is C21H20O2S. The number of fused-ring (bicyclic) bond motifs is 1. The monoisotopic (exact) mass is 336 g/mol. The molecule has 24 heavy (non-hydrogen) atoms. The Morgan fingerprint density at radius 3 is 2.25 bits per heavy atom. The SMILES string of the molecule is C=C(CC(C)c1ccc2ccccc2c1)S(=O)(=O)c1ccccc1. The smallest absolute Gasteiger partial charge is 0.202 e. The van der Waals surface area contributed by atoms with Crippen molar-refractivity contribution in [2.75, 3.05) is 0 Å². The van der Waals surface area contributed by atoms with E-state index in [2.05, 4.69) is 36.9 Å². The third-order valence-electron chi connectivity index (χ3n) is 4.31. The number of hydrogen-bond acceptors (Lipinski definition) is 2. The predicted octanol–water partition coefficient (Wildman–Crippen LogP) is 5.32.